The summed E-state index contributed by atoms with van der Waals surface area (Å²) in [5, 5.41) is 3.18. The number of amides is 1. The third-order valence-electron chi connectivity index (χ3n) is 5.79. The summed E-state index contributed by atoms with van der Waals surface area (Å²) in [6.07, 6.45) is 6.86. The van der Waals surface area contributed by atoms with Gasteiger partial charge in [-0.15, -0.1) is 0 Å². The zero-order chi connectivity index (χ0) is 19.5. The van der Waals surface area contributed by atoms with Crippen molar-refractivity contribution in [1.82, 2.24) is 24.8 Å². The van der Waals surface area contributed by atoms with E-state index in [4.69, 9.17) is 4.98 Å². The van der Waals surface area contributed by atoms with E-state index in [0.717, 1.165) is 68.3 Å². The van der Waals surface area contributed by atoms with Gasteiger partial charge in [0.25, 0.3) is 0 Å². The Hall–Kier alpha value is -2.54. The maximum absolute atomic E-state index is 11.6. The summed E-state index contributed by atoms with van der Waals surface area (Å²) in [7, 11) is 1.92. The van der Waals surface area contributed by atoms with Crippen molar-refractivity contribution in [3.05, 3.63) is 47.2 Å². The molecule has 1 fully saturated rings. The molecule has 2 aromatic rings. The molecular weight excluding hydrogens is 352 g/mol. The minimum Gasteiger partial charge on any atom is -0.373 e. The van der Waals surface area contributed by atoms with Gasteiger partial charge < -0.3 is 10.2 Å². The monoisotopic (exact) mass is 380 g/mol. The molecule has 148 valence electrons. The molecule has 0 aromatic carbocycles. The van der Waals surface area contributed by atoms with Crippen LogP contribution in [-0.2, 0) is 24.3 Å². The van der Waals surface area contributed by atoms with E-state index in [1.807, 2.05) is 30.4 Å². The van der Waals surface area contributed by atoms with Gasteiger partial charge in [0.05, 0.1) is 5.69 Å². The molecule has 0 spiro atoms. The van der Waals surface area contributed by atoms with E-state index < -0.39 is 0 Å². The summed E-state index contributed by atoms with van der Waals surface area (Å²) in [6.45, 7) is 5.96. The van der Waals surface area contributed by atoms with Gasteiger partial charge in [0.2, 0.25) is 5.91 Å². The molecule has 2 aromatic heterocycles. The van der Waals surface area contributed by atoms with Crippen molar-refractivity contribution >= 4 is 11.7 Å². The van der Waals surface area contributed by atoms with Gasteiger partial charge in [0.15, 0.2) is 0 Å². The number of anilines is 1. The highest BCUT2D eigenvalue weighted by molar-refractivity contribution is 5.73. The number of hydrogen-bond acceptors (Lipinski definition) is 6. The van der Waals surface area contributed by atoms with Gasteiger partial charge in [-0.3, -0.25) is 9.69 Å². The van der Waals surface area contributed by atoms with Crippen molar-refractivity contribution in [3.8, 4) is 0 Å². The van der Waals surface area contributed by atoms with Gasteiger partial charge in [-0.2, -0.15) is 0 Å². The van der Waals surface area contributed by atoms with E-state index in [9.17, 15) is 4.79 Å². The molecule has 0 unspecified atom stereocenters. The first-order valence-electron chi connectivity index (χ1n) is 10.1. The molecule has 0 saturated carbocycles. The molecule has 1 amide bonds. The second-order valence-electron chi connectivity index (χ2n) is 7.73. The van der Waals surface area contributed by atoms with E-state index in [1.54, 1.807) is 6.92 Å². The zero-order valence-corrected chi connectivity index (χ0v) is 16.7. The molecule has 0 aliphatic carbocycles. The van der Waals surface area contributed by atoms with Crippen LogP contribution in [0.2, 0.25) is 0 Å². The molecule has 1 saturated heterocycles. The molecule has 7 nitrogen and oxygen atoms in total. The Labute approximate surface area is 166 Å². The normalized spacial score (nSPS) is 19.9. The second-order valence-corrected chi connectivity index (χ2v) is 7.73. The van der Waals surface area contributed by atoms with E-state index in [1.165, 1.54) is 5.56 Å². The van der Waals surface area contributed by atoms with Gasteiger partial charge in [0.1, 0.15) is 11.6 Å². The first-order chi connectivity index (χ1) is 13.6. The summed E-state index contributed by atoms with van der Waals surface area (Å²) in [5.41, 5.74) is 3.43. The average molecular weight is 380 g/mol. The highest BCUT2D eigenvalue weighted by atomic mass is 16.2. The van der Waals surface area contributed by atoms with Crippen LogP contribution in [0.15, 0.2) is 24.5 Å². The number of hydrogen-bond donors (Lipinski definition) is 1. The smallest absolute Gasteiger partial charge is 0.219 e. The van der Waals surface area contributed by atoms with Crippen LogP contribution in [-0.4, -0.2) is 57.3 Å². The lowest BCUT2D eigenvalue weighted by atomic mass is 9.96. The minimum atomic E-state index is 0.119. The zero-order valence-electron chi connectivity index (χ0n) is 16.7. The van der Waals surface area contributed by atoms with Crippen molar-refractivity contribution in [3.63, 3.8) is 0 Å². The fraction of sp³-hybridized carbons (Fsp3) is 0.524. The number of fused-ring (bicyclic) bond motifs is 1. The molecule has 0 bridgehead atoms. The van der Waals surface area contributed by atoms with Crippen molar-refractivity contribution in [1.29, 1.82) is 0 Å². The number of piperidine rings is 1. The van der Waals surface area contributed by atoms with Gasteiger partial charge in [0, 0.05) is 76.0 Å². The molecular formula is C21H28N6O. The topological polar surface area (TPSA) is 74.2 Å². The molecule has 28 heavy (non-hydrogen) atoms. The molecule has 1 N–H and O–H groups in total. The molecule has 1 atom stereocenters. The van der Waals surface area contributed by atoms with Crippen molar-refractivity contribution in [2.45, 2.75) is 45.2 Å². The van der Waals surface area contributed by atoms with E-state index in [-0.39, 0.29) is 5.91 Å². The maximum Gasteiger partial charge on any atom is 0.219 e. The van der Waals surface area contributed by atoms with Crippen LogP contribution in [0.1, 0.15) is 48.3 Å². The number of carbonyl (C=O) groups excluding carboxylic acids is 1. The van der Waals surface area contributed by atoms with E-state index in [2.05, 4.69) is 26.3 Å². The molecule has 0 radical (unpaired) electrons. The van der Waals surface area contributed by atoms with Crippen LogP contribution in [0.25, 0.3) is 0 Å². The number of nitrogens with one attached hydrogen (secondary N) is 1. The predicted molar refractivity (Wildman–Crippen MR) is 108 cm³/mol. The lowest BCUT2D eigenvalue weighted by molar-refractivity contribution is -0.129. The van der Waals surface area contributed by atoms with E-state index in [0.29, 0.717) is 12.5 Å². The Balaban J connectivity index is 1.46. The summed E-state index contributed by atoms with van der Waals surface area (Å²) >= 11 is 0. The molecule has 2 aliphatic rings. The maximum atomic E-state index is 11.6. The van der Waals surface area contributed by atoms with Crippen LogP contribution in [0.4, 0.5) is 5.82 Å². The number of rotatable bonds is 4. The number of aromatic nitrogens is 3. The number of nitrogens with zero attached hydrogens (tertiary/aromatic N) is 5. The molecule has 4 heterocycles. The Kier molecular flexibility index (Phi) is 5.52. The van der Waals surface area contributed by atoms with Gasteiger partial charge in [-0.25, -0.2) is 15.0 Å². The highest BCUT2D eigenvalue weighted by Crippen LogP contribution is 2.28. The van der Waals surface area contributed by atoms with Gasteiger partial charge in [-0.05, 0) is 25.5 Å². The SMILES string of the molecule is CNc1ncccc1CN1CCC[C@H](c2ncc3c(n2)CCN(C(C)=O)C3)C1. The first-order valence-corrected chi connectivity index (χ1v) is 10.1. The third-order valence-corrected chi connectivity index (χ3v) is 5.79. The lowest BCUT2D eigenvalue weighted by Crippen LogP contribution is -2.36. The van der Waals surface area contributed by atoms with Gasteiger partial charge >= 0.3 is 0 Å². The Morgan fingerprint density at radius 2 is 2.21 bits per heavy atom. The van der Waals surface area contributed by atoms with Crippen molar-refractivity contribution in [2.75, 3.05) is 32.0 Å². The highest BCUT2D eigenvalue weighted by Gasteiger charge is 2.26. The fourth-order valence-corrected chi connectivity index (χ4v) is 4.24. The molecule has 7 heteroatoms. The number of carbonyl (C=O) groups is 1. The van der Waals surface area contributed by atoms with Crippen LogP contribution in [0, 0.1) is 0 Å². The minimum absolute atomic E-state index is 0.119. The summed E-state index contributed by atoms with van der Waals surface area (Å²) in [4.78, 5) is 30.0. The second kappa shape index (κ2) is 8.22. The Bertz CT molecular complexity index is 855. The first kappa shape index (κ1) is 18.8. The standard InChI is InChI=1S/C21H28N6O/c1-15(28)27-10-7-19-18(14-27)11-24-21(25-19)17-6-4-9-26(13-17)12-16-5-3-8-23-20(16)22-2/h3,5,8,11,17H,4,6-7,9-10,12-14H2,1-2H3,(H,22,23)/t17-/m0/s1. The fourth-order valence-electron chi connectivity index (χ4n) is 4.24. The predicted octanol–water partition coefficient (Wildman–Crippen LogP) is 2.20. The lowest BCUT2D eigenvalue weighted by Gasteiger charge is -2.33. The van der Waals surface area contributed by atoms with Crippen LogP contribution < -0.4 is 5.32 Å². The van der Waals surface area contributed by atoms with E-state index >= 15 is 0 Å². The largest absolute Gasteiger partial charge is 0.373 e. The van der Waals surface area contributed by atoms with Crippen molar-refractivity contribution in [2.24, 2.45) is 0 Å². The molecule has 2 aliphatic heterocycles. The molecule has 4 rings (SSSR count). The summed E-state index contributed by atoms with van der Waals surface area (Å²) < 4.78 is 0. The third kappa shape index (κ3) is 3.99. The van der Waals surface area contributed by atoms with Crippen LogP contribution in [0.3, 0.4) is 0 Å². The quantitative estimate of drug-likeness (QED) is 0.877. The number of likely N-dealkylation sites (tertiary alicyclic amines) is 1. The number of pyridine rings is 1. The summed E-state index contributed by atoms with van der Waals surface area (Å²) in [5.74, 6) is 2.39. The van der Waals surface area contributed by atoms with Crippen LogP contribution in [0.5, 0.6) is 0 Å². The average Bonchev–Trinajstić information content (AvgIpc) is 2.73. The van der Waals surface area contributed by atoms with Crippen LogP contribution >= 0.6 is 0 Å². The Morgan fingerprint density at radius 3 is 3.04 bits per heavy atom. The summed E-state index contributed by atoms with van der Waals surface area (Å²) in [6, 6.07) is 4.13. The van der Waals surface area contributed by atoms with Crippen molar-refractivity contribution < 1.29 is 4.79 Å². The Morgan fingerprint density at radius 1 is 1.32 bits per heavy atom. The van der Waals surface area contributed by atoms with Gasteiger partial charge in [-0.1, -0.05) is 6.07 Å².